The first-order chi connectivity index (χ1) is 14.0. The minimum absolute atomic E-state index is 0.153. The second kappa shape index (κ2) is 6.56. The van der Waals surface area contributed by atoms with Gasteiger partial charge in [0, 0.05) is 16.3 Å². The number of amides is 3. The van der Waals surface area contributed by atoms with Crippen LogP contribution in [0.5, 0.6) is 0 Å². The number of hydrogen-bond donors (Lipinski definition) is 1. The highest BCUT2D eigenvalue weighted by Crippen LogP contribution is 2.53. The number of rotatable bonds is 3. The molecule has 5 nitrogen and oxygen atoms in total. The lowest BCUT2D eigenvalue weighted by atomic mass is 9.85. The molecule has 29 heavy (non-hydrogen) atoms. The molecule has 2 fully saturated rings. The molecule has 3 aliphatic rings. The molecule has 2 aromatic rings. The van der Waals surface area contributed by atoms with Gasteiger partial charge in [-0.3, -0.25) is 14.4 Å². The summed E-state index contributed by atoms with van der Waals surface area (Å²) >= 11 is 6.12. The van der Waals surface area contributed by atoms with E-state index in [-0.39, 0.29) is 41.4 Å². The Labute approximate surface area is 173 Å². The lowest BCUT2D eigenvalue weighted by Crippen LogP contribution is -2.33. The normalized spacial score (nSPS) is 26.9. The molecule has 5 rings (SSSR count). The van der Waals surface area contributed by atoms with Gasteiger partial charge >= 0.3 is 0 Å². The summed E-state index contributed by atoms with van der Waals surface area (Å²) < 4.78 is 0. The number of halogens is 1. The van der Waals surface area contributed by atoms with Crippen molar-refractivity contribution >= 4 is 40.7 Å². The number of benzene rings is 2. The standard InChI is InChI=1S/C23H19ClN2O3/c1-12-17(24)6-3-7-18(12)25-21(27)15-4-2-5-16(11-15)26-22(28)19-13-8-9-14(10-13)20(19)23(26)29/h2-9,11,13-14,19-20H,10H2,1H3,(H,25,27)/t13-,14-,19+,20+/m0/s1. The molecule has 0 radical (unpaired) electrons. The third kappa shape index (κ3) is 2.72. The maximum Gasteiger partial charge on any atom is 0.255 e. The number of hydrogen-bond acceptors (Lipinski definition) is 3. The molecule has 0 unspecified atom stereocenters. The Morgan fingerprint density at radius 1 is 1.03 bits per heavy atom. The van der Waals surface area contributed by atoms with Crippen LogP contribution in [-0.2, 0) is 9.59 Å². The zero-order chi connectivity index (χ0) is 20.3. The van der Waals surface area contributed by atoms with Crippen LogP contribution < -0.4 is 10.2 Å². The first kappa shape index (κ1) is 18.1. The summed E-state index contributed by atoms with van der Waals surface area (Å²) in [5, 5.41) is 3.42. The number of carbonyl (C=O) groups is 3. The van der Waals surface area contributed by atoms with Gasteiger partial charge in [0.15, 0.2) is 0 Å². The zero-order valence-corrected chi connectivity index (χ0v) is 16.5. The fraction of sp³-hybridized carbons (Fsp3) is 0.261. The quantitative estimate of drug-likeness (QED) is 0.613. The lowest BCUT2D eigenvalue weighted by molar-refractivity contribution is -0.123. The molecule has 1 saturated carbocycles. The Morgan fingerprint density at radius 3 is 2.38 bits per heavy atom. The van der Waals surface area contributed by atoms with Crippen LogP contribution in [0.3, 0.4) is 0 Å². The van der Waals surface area contributed by atoms with Crippen LogP contribution in [0.4, 0.5) is 11.4 Å². The number of anilines is 2. The van der Waals surface area contributed by atoms with E-state index >= 15 is 0 Å². The van der Waals surface area contributed by atoms with E-state index in [4.69, 9.17) is 11.6 Å². The van der Waals surface area contributed by atoms with E-state index in [0.717, 1.165) is 12.0 Å². The Morgan fingerprint density at radius 2 is 1.69 bits per heavy atom. The van der Waals surface area contributed by atoms with Crippen molar-refractivity contribution in [1.82, 2.24) is 0 Å². The third-order valence-corrected chi connectivity index (χ3v) is 6.76. The molecule has 1 aliphatic heterocycles. The number of nitrogens with one attached hydrogen (secondary N) is 1. The Balaban J connectivity index is 1.42. The van der Waals surface area contributed by atoms with Gasteiger partial charge < -0.3 is 5.32 Å². The van der Waals surface area contributed by atoms with Crippen LogP contribution in [0, 0.1) is 30.6 Å². The zero-order valence-electron chi connectivity index (χ0n) is 15.8. The lowest BCUT2D eigenvalue weighted by Gasteiger charge is -2.18. The highest BCUT2D eigenvalue weighted by atomic mass is 35.5. The molecular formula is C23H19ClN2O3. The molecule has 2 aliphatic carbocycles. The van der Waals surface area contributed by atoms with Crippen molar-refractivity contribution in [3.8, 4) is 0 Å². The summed E-state index contributed by atoms with van der Waals surface area (Å²) in [7, 11) is 0. The van der Waals surface area contributed by atoms with Gasteiger partial charge in [0.25, 0.3) is 5.91 Å². The molecule has 1 N–H and O–H groups in total. The summed E-state index contributed by atoms with van der Waals surface area (Å²) in [6.45, 7) is 1.83. The van der Waals surface area contributed by atoms with Crippen LogP contribution >= 0.6 is 11.6 Å². The van der Waals surface area contributed by atoms with Gasteiger partial charge in [-0.05, 0) is 61.1 Å². The molecule has 6 heteroatoms. The van der Waals surface area contributed by atoms with Gasteiger partial charge in [0.05, 0.1) is 17.5 Å². The van der Waals surface area contributed by atoms with Crippen molar-refractivity contribution < 1.29 is 14.4 Å². The third-order valence-electron chi connectivity index (χ3n) is 6.35. The minimum Gasteiger partial charge on any atom is -0.322 e. The molecule has 0 aromatic heterocycles. The predicted molar refractivity (Wildman–Crippen MR) is 111 cm³/mol. The Bertz CT molecular complexity index is 1060. The van der Waals surface area contributed by atoms with E-state index in [0.29, 0.717) is 22.0 Å². The van der Waals surface area contributed by atoms with Crippen molar-refractivity contribution in [1.29, 1.82) is 0 Å². The van der Waals surface area contributed by atoms with Crippen molar-refractivity contribution in [2.24, 2.45) is 23.7 Å². The number of fused-ring (bicyclic) bond motifs is 5. The molecule has 4 atom stereocenters. The molecule has 1 heterocycles. The van der Waals surface area contributed by atoms with Crippen LogP contribution in [0.25, 0.3) is 0 Å². The highest BCUT2D eigenvalue weighted by molar-refractivity contribution is 6.31. The summed E-state index contributed by atoms with van der Waals surface area (Å²) in [6.07, 6.45) is 5.03. The first-order valence-electron chi connectivity index (χ1n) is 9.68. The maximum atomic E-state index is 13.0. The van der Waals surface area contributed by atoms with Gasteiger partial charge in [0.1, 0.15) is 0 Å². The second-order valence-corrected chi connectivity index (χ2v) is 8.34. The average molecular weight is 407 g/mol. The number of carbonyl (C=O) groups excluding carboxylic acids is 3. The number of nitrogens with zero attached hydrogens (tertiary/aromatic N) is 1. The topological polar surface area (TPSA) is 66.5 Å². The molecule has 0 spiro atoms. The van der Waals surface area contributed by atoms with E-state index in [1.165, 1.54) is 4.90 Å². The van der Waals surface area contributed by atoms with Crippen molar-refractivity contribution in [2.75, 3.05) is 10.2 Å². The van der Waals surface area contributed by atoms with E-state index < -0.39 is 0 Å². The van der Waals surface area contributed by atoms with Crippen LogP contribution in [0.1, 0.15) is 22.3 Å². The fourth-order valence-electron chi connectivity index (χ4n) is 4.88. The smallest absolute Gasteiger partial charge is 0.255 e. The minimum atomic E-state index is -0.321. The summed E-state index contributed by atoms with van der Waals surface area (Å²) in [5.41, 5.74) is 2.22. The number of allylic oxidation sites excluding steroid dienone is 2. The molecule has 2 bridgehead atoms. The molecule has 2 aromatic carbocycles. The fourth-order valence-corrected chi connectivity index (χ4v) is 5.05. The maximum absolute atomic E-state index is 13.0. The molecule has 146 valence electrons. The van der Waals surface area contributed by atoms with E-state index in [2.05, 4.69) is 17.5 Å². The Kier molecular flexibility index (Phi) is 4.10. The average Bonchev–Trinajstić information content (AvgIpc) is 3.39. The van der Waals surface area contributed by atoms with Gasteiger partial charge in [-0.1, -0.05) is 35.9 Å². The monoisotopic (exact) mass is 406 g/mol. The second-order valence-electron chi connectivity index (χ2n) is 7.93. The van der Waals surface area contributed by atoms with Crippen molar-refractivity contribution in [3.05, 3.63) is 70.8 Å². The SMILES string of the molecule is Cc1c(Cl)cccc1NC(=O)c1cccc(N2C(=O)[C@H]3[C@H](C2=O)[C@H]2C=C[C@H]3C2)c1. The molecule has 3 amide bonds. The first-order valence-corrected chi connectivity index (χ1v) is 10.1. The van der Waals surface area contributed by atoms with E-state index in [1.54, 1.807) is 42.5 Å². The summed E-state index contributed by atoms with van der Waals surface area (Å²) in [4.78, 5) is 40.0. The highest BCUT2D eigenvalue weighted by Gasteiger charge is 2.59. The van der Waals surface area contributed by atoms with Gasteiger partial charge in [-0.25, -0.2) is 4.90 Å². The summed E-state index contributed by atoms with van der Waals surface area (Å²) in [5.74, 6) is -0.834. The van der Waals surface area contributed by atoms with Gasteiger partial charge in [0.2, 0.25) is 11.8 Å². The van der Waals surface area contributed by atoms with Crippen molar-refractivity contribution in [3.63, 3.8) is 0 Å². The molecular weight excluding hydrogens is 388 g/mol. The largest absolute Gasteiger partial charge is 0.322 e. The van der Waals surface area contributed by atoms with Gasteiger partial charge in [-0.15, -0.1) is 0 Å². The van der Waals surface area contributed by atoms with Crippen LogP contribution in [0.15, 0.2) is 54.6 Å². The van der Waals surface area contributed by atoms with E-state index in [9.17, 15) is 14.4 Å². The predicted octanol–water partition coefficient (Wildman–Crippen LogP) is 4.21. The molecule has 1 saturated heterocycles. The number of imide groups is 1. The Hall–Kier alpha value is -2.92. The van der Waals surface area contributed by atoms with Crippen LogP contribution in [0.2, 0.25) is 5.02 Å². The van der Waals surface area contributed by atoms with Crippen LogP contribution in [-0.4, -0.2) is 17.7 Å². The summed E-state index contributed by atoms with van der Waals surface area (Å²) in [6, 6.07) is 12.0. The van der Waals surface area contributed by atoms with Crippen molar-refractivity contribution in [2.45, 2.75) is 13.3 Å². The van der Waals surface area contributed by atoms with E-state index in [1.807, 2.05) is 6.92 Å². The van der Waals surface area contributed by atoms with Gasteiger partial charge in [-0.2, -0.15) is 0 Å².